The highest BCUT2D eigenvalue weighted by molar-refractivity contribution is 5.97. The van der Waals surface area contributed by atoms with Crippen molar-refractivity contribution in [3.05, 3.63) is 35.6 Å². The van der Waals surface area contributed by atoms with Crippen molar-refractivity contribution in [3.8, 4) is 0 Å². The van der Waals surface area contributed by atoms with Gasteiger partial charge in [-0.05, 0) is 24.5 Å². The van der Waals surface area contributed by atoms with E-state index in [0.29, 0.717) is 13.1 Å². The number of halogens is 1. The summed E-state index contributed by atoms with van der Waals surface area (Å²) in [5, 5.41) is 11.8. The molecule has 2 N–H and O–H groups in total. The number of aliphatic hydroxyl groups is 1. The van der Waals surface area contributed by atoms with Crippen LogP contribution >= 0.6 is 0 Å². The summed E-state index contributed by atoms with van der Waals surface area (Å²) in [6, 6.07) is 4.99. The average Bonchev–Trinajstić information content (AvgIpc) is 3.01. The van der Waals surface area contributed by atoms with Crippen molar-refractivity contribution < 1.29 is 19.1 Å². The van der Waals surface area contributed by atoms with E-state index in [0.717, 1.165) is 6.42 Å². The zero-order chi connectivity index (χ0) is 17.0. The van der Waals surface area contributed by atoms with Crippen LogP contribution < -0.4 is 5.32 Å². The molecule has 5 nitrogen and oxygen atoms in total. The third-order valence-electron chi connectivity index (χ3n) is 4.19. The van der Waals surface area contributed by atoms with Gasteiger partial charge in [0.15, 0.2) is 0 Å². The number of hydrogen-bond donors (Lipinski definition) is 2. The van der Waals surface area contributed by atoms with Crippen LogP contribution in [0.3, 0.4) is 0 Å². The molecular formula is C17H23FN2O3. The second kappa shape index (κ2) is 7.55. The van der Waals surface area contributed by atoms with E-state index in [1.807, 2.05) is 13.8 Å². The van der Waals surface area contributed by atoms with E-state index in [1.54, 1.807) is 11.0 Å². The van der Waals surface area contributed by atoms with Crippen LogP contribution in [0.1, 0.15) is 30.6 Å². The zero-order valence-electron chi connectivity index (χ0n) is 13.5. The van der Waals surface area contributed by atoms with Crippen LogP contribution in [0.25, 0.3) is 0 Å². The lowest BCUT2D eigenvalue weighted by molar-refractivity contribution is -0.133. The predicted molar refractivity (Wildman–Crippen MR) is 84.3 cm³/mol. The standard InChI is InChI=1S/C17H23FN2O3/c1-11(2)15(17(23)20-8-7-12(9-20)10-21)19-16(22)13-5-3-4-6-14(13)18/h3-6,11-12,15,21H,7-10H2,1-2H3,(H,19,22). The fourth-order valence-corrected chi connectivity index (χ4v) is 2.76. The van der Waals surface area contributed by atoms with Crippen LogP contribution in [0.2, 0.25) is 0 Å². The molecule has 1 aliphatic rings. The third kappa shape index (κ3) is 4.07. The first-order valence-corrected chi connectivity index (χ1v) is 7.89. The third-order valence-corrected chi connectivity index (χ3v) is 4.19. The van der Waals surface area contributed by atoms with E-state index in [-0.39, 0.29) is 29.9 Å². The summed E-state index contributed by atoms with van der Waals surface area (Å²) in [6.45, 7) is 4.79. The summed E-state index contributed by atoms with van der Waals surface area (Å²) in [5.74, 6) is -1.41. The van der Waals surface area contributed by atoms with Gasteiger partial charge in [0.05, 0.1) is 5.56 Å². The molecule has 1 aromatic carbocycles. The Morgan fingerprint density at radius 3 is 2.65 bits per heavy atom. The van der Waals surface area contributed by atoms with Gasteiger partial charge in [0, 0.05) is 25.6 Å². The Labute approximate surface area is 135 Å². The largest absolute Gasteiger partial charge is 0.396 e. The smallest absolute Gasteiger partial charge is 0.254 e. The summed E-state index contributed by atoms with van der Waals surface area (Å²) in [5.41, 5.74) is -0.0689. The van der Waals surface area contributed by atoms with Crippen molar-refractivity contribution in [1.82, 2.24) is 10.2 Å². The fraction of sp³-hybridized carbons (Fsp3) is 0.529. The first-order valence-electron chi connectivity index (χ1n) is 7.89. The molecular weight excluding hydrogens is 299 g/mol. The van der Waals surface area contributed by atoms with Crippen LogP contribution in [0.15, 0.2) is 24.3 Å². The molecule has 126 valence electrons. The molecule has 0 radical (unpaired) electrons. The summed E-state index contributed by atoms with van der Waals surface area (Å²) in [4.78, 5) is 26.6. The first kappa shape index (κ1) is 17.4. The molecule has 1 aliphatic heterocycles. The zero-order valence-corrected chi connectivity index (χ0v) is 13.5. The number of carbonyl (C=O) groups excluding carboxylic acids is 2. The maximum Gasteiger partial charge on any atom is 0.254 e. The summed E-state index contributed by atoms with van der Waals surface area (Å²) in [7, 11) is 0. The minimum Gasteiger partial charge on any atom is -0.396 e. The Morgan fingerprint density at radius 2 is 2.09 bits per heavy atom. The topological polar surface area (TPSA) is 69.6 Å². The first-order chi connectivity index (χ1) is 10.9. The number of hydrogen-bond acceptors (Lipinski definition) is 3. The van der Waals surface area contributed by atoms with Crippen LogP contribution in [-0.4, -0.2) is 47.6 Å². The van der Waals surface area contributed by atoms with E-state index in [1.165, 1.54) is 18.2 Å². The Morgan fingerprint density at radius 1 is 1.39 bits per heavy atom. The molecule has 1 saturated heterocycles. The maximum absolute atomic E-state index is 13.7. The molecule has 0 spiro atoms. The molecule has 6 heteroatoms. The van der Waals surface area contributed by atoms with Gasteiger partial charge in [-0.15, -0.1) is 0 Å². The monoisotopic (exact) mass is 322 g/mol. The summed E-state index contributed by atoms with van der Waals surface area (Å²) >= 11 is 0. The lowest BCUT2D eigenvalue weighted by atomic mass is 10.0. The van der Waals surface area contributed by atoms with E-state index in [4.69, 9.17) is 0 Å². The predicted octanol–water partition coefficient (Wildman–Crippen LogP) is 1.42. The Bertz CT molecular complexity index is 577. The van der Waals surface area contributed by atoms with Crippen molar-refractivity contribution >= 4 is 11.8 Å². The Hall–Kier alpha value is -1.95. The van der Waals surface area contributed by atoms with Gasteiger partial charge in [-0.1, -0.05) is 26.0 Å². The number of rotatable bonds is 5. The van der Waals surface area contributed by atoms with Crippen LogP contribution in [0, 0.1) is 17.7 Å². The molecule has 1 fully saturated rings. The van der Waals surface area contributed by atoms with Gasteiger partial charge in [0.25, 0.3) is 5.91 Å². The van der Waals surface area contributed by atoms with Gasteiger partial charge in [-0.2, -0.15) is 0 Å². The highest BCUT2D eigenvalue weighted by Gasteiger charge is 2.33. The number of amides is 2. The quantitative estimate of drug-likeness (QED) is 0.861. The second-order valence-corrected chi connectivity index (χ2v) is 6.30. The molecule has 2 rings (SSSR count). The van der Waals surface area contributed by atoms with Crippen LogP contribution in [0.4, 0.5) is 4.39 Å². The van der Waals surface area contributed by atoms with Crippen molar-refractivity contribution in [3.63, 3.8) is 0 Å². The number of carbonyl (C=O) groups is 2. The lowest BCUT2D eigenvalue weighted by Gasteiger charge is -2.27. The van der Waals surface area contributed by atoms with Crippen molar-refractivity contribution in [2.24, 2.45) is 11.8 Å². The van der Waals surface area contributed by atoms with Gasteiger partial charge in [0.1, 0.15) is 11.9 Å². The van der Waals surface area contributed by atoms with E-state index in [9.17, 15) is 19.1 Å². The minimum atomic E-state index is -0.709. The van der Waals surface area contributed by atoms with Crippen molar-refractivity contribution in [1.29, 1.82) is 0 Å². The molecule has 2 amide bonds. The van der Waals surface area contributed by atoms with Gasteiger partial charge in [-0.25, -0.2) is 4.39 Å². The molecule has 2 atom stereocenters. The summed E-state index contributed by atoms with van der Waals surface area (Å²) < 4.78 is 13.7. The van der Waals surface area contributed by atoms with Crippen LogP contribution in [0.5, 0.6) is 0 Å². The minimum absolute atomic E-state index is 0.0533. The van der Waals surface area contributed by atoms with Crippen molar-refractivity contribution in [2.75, 3.05) is 19.7 Å². The fourth-order valence-electron chi connectivity index (χ4n) is 2.76. The highest BCUT2D eigenvalue weighted by Crippen LogP contribution is 2.18. The molecule has 1 heterocycles. The molecule has 23 heavy (non-hydrogen) atoms. The van der Waals surface area contributed by atoms with Gasteiger partial charge in [0.2, 0.25) is 5.91 Å². The number of benzene rings is 1. The summed E-state index contributed by atoms with van der Waals surface area (Å²) in [6.07, 6.45) is 0.758. The molecule has 0 saturated carbocycles. The van der Waals surface area contributed by atoms with Gasteiger partial charge < -0.3 is 15.3 Å². The maximum atomic E-state index is 13.7. The van der Waals surface area contributed by atoms with E-state index < -0.39 is 17.8 Å². The highest BCUT2D eigenvalue weighted by atomic mass is 19.1. The average molecular weight is 322 g/mol. The SMILES string of the molecule is CC(C)C(NC(=O)c1ccccc1F)C(=O)N1CCC(CO)C1. The molecule has 0 aromatic heterocycles. The Balaban J connectivity index is 2.08. The number of nitrogens with zero attached hydrogens (tertiary/aromatic N) is 1. The lowest BCUT2D eigenvalue weighted by Crippen LogP contribution is -2.50. The molecule has 2 unspecified atom stereocenters. The normalized spacial score (nSPS) is 19.0. The van der Waals surface area contributed by atoms with E-state index >= 15 is 0 Å². The second-order valence-electron chi connectivity index (χ2n) is 6.30. The van der Waals surface area contributed by atoms with Crippen LogP contribution in [-0.2, 0) is 4.79 Å². The number of aliphatic hydroxyl groups excluding tert-OH is 1. The molecule has 0 bridgehead atoms. The van der Waals surface area contributed by atoms with Crippen molar-refractivity contribution in [2.45, 2.75) is 26.3 Å². The van der Waals surface area contributed by atoms with Gasteiger partial charge in [-0.3, -0.25) is 9.59 Å². The molecule has 0 aliphatic carbocycles. The number of likely N-dealkylation sites (tertiary alicyclic amines) is 1. The van der Waals surface area contributed by atoms with E-state index in [2.05, 4.69) is 5.32 Å². The number of nitrogens with one attached hydrogen (secondary N) is 1. The van der Waals surface area contributed by atoms with Gasteiger partial charge >= 0.3 is 0 Å². The molecule has 1 aromatic rings. The Kier molecular flexibility index (Phi) is 5.71.